The third kappa shape index (κ3) is 4.21. The fourth-order valence-electron chi connectivity index (χ4n) is 1.72. The van der Waals surface area contributed by atoms with Crippen LogP contribution in [-0.4, -0.2) is 49.3 Å². The first-order chi connectivity index (χ1) is 9.41. The number of methoxy groups -OCH3 is 1. The third-order valence-corrected chi connectivity index (χ3v) is 2.69. The van der Waals surface area contributed by atoms with E-state index in [2.05, 4.69) is 0 Å². The van der Waals surface area contributed by atoms with Crippen LogP contribution in [0.5, 0.6) is 0 Å². The minimum atomic E-state index is -4.60. The van der Waals surface area contributed by atoms with Crippen molar-refractivity contribution in [3.05, 3.63) is 35.4 Å². The van der Waals surface area contributed by atoms with Crippen LogP contribution in [0.1, 0.15) is 15.9 Å². The number of rotatable bonds is 6. The molecule has 1 aromatic rings. The summed E-state index contributed by atoms with van der Waals surface area (Å²) in [6, 6.07) is 4.59. The molecule has 0 heterocycles. The number of amides is 1. The summed E-state index contributed by atoms with van der Waals surface area (Å²) in [5, 5.41) is 8.90. The molecule has 4 nitrogen and oxygen atoms in total. The van der Waals surface area contributed by atoms with E-state index >= 15 is 0 Å². The fourth-order valence-corrected chi connectivity index (χ4v) is 1.72. The average Bonchev–Trinajstić information content (AvgIpc) is 2.42. The molecule has 0 saturated carbocycles. The number of aliphatic hydroxyl groups is 1. The van der Waals surface area contributed by atoms with Gasteiger partial charge >= 0.3 is 6.18 Å². The van der Waals surface area contributed by atoms with Gasteiger partial charge in [0.2, 0.25) is 0 Å². The molecule has 1 rings (SSSR count). The zero-order valence-corrected chi connectivity index (χ0v) is 11.0. The van der Waals surface area contributed by atoms with Gasteiger partial charge in [-0.3, -0.25) is 4.79 Å². The summed E-state index contributed by atoms with van der Waals surface area (Å²) in [6.07, 6.45) is -4.60. The Kier molecular flexibility index (Phi) is 5.97. The van der Waals surface area contributed by atoms with E-state index in [9.17, 15) is 18.0 Å². The summed E-state index contributed by atoms with van der Waals surface area (Å²) >= 11 is 0. The van der Waals surface area contributed by atoms with Crippen LogP contribution in [0.4, 0.5) is 13.2 Å². The van der Waals surface area contributed by atoms with Crippen LogP contribution in [0.25, 0.3) is 0 Å². The molecule has 0 aliphatic heterocycles. The van der Waals surface area contributed by atoms with Gasteiger partial charge in [-0.2, -0.15) is 13.2 Å². The number of ether oxygens (including phenoxy) is 1. The van der Waals surface area contributed by atoms with Crippen molar-refractivity contribution in [2.75, 3.05) is 33.4 Å². The van der Waals surface area contributed by atoms with E-state index in [-0.39, 0.29) is 26.3 Å². The molecule has 0 atom stereocenters. The highest BCUT2D eigenvalue weighted by Gasteiger charge is 2.35. The number of aliphatic hydroxyl groups excluding tert-OH is 1. The van der Waals surface area contributed by atoms with Gasteiger partial charge in [-0.25, -0.2) is 0 Å². The predicted molar refractivity (Wildman–Crippen MR) is 66.3 cm³/mol. The average molecular weight is 291 g/mol. The first-order valence-electron chi connectivity index (χ1n) is 5.97. The molecule has 0 unspecified atom stereocenters. The number of carbonyl (C=O) groups is 1. The van der Waals surface area contributed by atoms with E-state index < -0.39 is 23.2 Å². The molecule has 1 N–H and O–H groups in total. The highest BCUT2D eigenvalue weighted by molar-refractivity contribution is 5.95. The minimum absolute atomic E-state index is 0.0472. The van der Waals surface area contributed by atoms with E-state index in [1.54, 1.807) is 0 Å². The van der Waals surface area contributed by atoms with E-state index in [0.717, 1.165) is 17.0 Å². The molecule has 0 radical (unpaired) electrons. The second-order valence-corrected chi connectivity index (χ2v) is 4.05. The maximum absolute atomic E-state index is 12.9. The molecule has 0 aliphatic carbocycles. The Morgan fingerprint density at radius 1 is 1.30 bits per heavy atom. The highest BCUT2D eigenvalue weighted by Crippen LogP contribution is 2.32. The lowest BCUT2D eigenvalue weighted by molar-refractivity contribution is -0.138. The standard InChI is InChI=1S/C13H16F3NO3/c1-20-9-7-17(6-8-18)12(19)10-4-2-3-5-11(10)13(14,15)16/h2-5,18H,6-9H2,1H3. The Bertz CT molecular complexity index is 449. The van der Waals surface area contributed by atoms with Gasteiger partial charge in [-0.1, -0.05) is 12.1 Å². The zero-order valence-electron chi connectivity index (χ0n) is 11.0. The van der Waals surface area contributed by atoms with Crippen LogP contribution in [0, 0.1) is 0 Å². The summed E-state index contributed by atoms with van der Waals surface area (Å²) in [7, 11) is 1.42. The van der Waals surface area contributed by atoms with Crippen molar-refractivity contribution in [3.63, 3.8) is 0 Å². The predicted octanol–water partition coefficient (Wildman–Crippen LogP) is 1.79. The maximum atomic E-state index is 12.9. The summed E-state index contributed by atoms with van der Waals surface area (Å²) in [5.74, 6) is -0.774. The van der Waals surface area contributed by atoms with Crippen molar-refractivity contribution in [2.45, 2.75) is 6.18 Å². The molecule has 0 spiro atoms. The molecule has 0 bridgehead atoms. The first-order valence-corrected chi connectivity index (χ1v) is 5.97. The lowest BCUT2D eigenvalue weighted by Gasteiger charge is -2.23. The molecule has 1 amide bonds. The van der Waals surface area contributed by atoms with Crippen molar-refractivity contribution in [1.82, 2.24) is 4.90 Å². The molecule has 112 valence electrons. The van der Waals surface area contributed by atoms with Gasteiger partial charge in [0.1, 0.15) is 0 Å². The highest BCUT2D eigenvalue weighted by atomic mass is 19.4. The largest absolute Gasteiger partial charge is 0.417 e. The summed E-state index contributed by atoms with van der Waals surface area (Å²) in [6.45, 7) is -0.0833. The van der Waals surface area contributed by atoms with Gasteiger partial charge in [0, 0.05) is 20.2 Å². The Balaban J connectivity index is 3.05. The quantitative estimate of drug-likeness (QED) is 0.869. The van der Waals surface area contributed by atoms with Gasteiger partial charge in [0.25, 0.3) is 5.91 Å². The lowest BCUT2D eigenvalue weighted by Crippen LogP contribution is -2.37. The maximum Gasteiger partial charge on any atom is 0.417 e. The molecule has 1 aromatic carbocycles. The van der Waals surface area contributed by atoms with Crippen LogP contribution in [0.15, 0.2) is 24.3 Å². The lowest BCUT2D eigenvalue weighted by atomic mass is 10.1. The number of alkyl halides is 3. The Labute approximate surface area is 114 Å². The van der Waals surface area contributed by atoms with E-state index in [1.165, 1.54) is 19.2 Å². The first kappa shape index (κ1) is 16.5. The van der Waals surface area contributed by atoms with Crippen LogP contribution in [0.2, 0.25) is 0 Å². The van der Waals surface area contributed by atoms with Crippen molar-refractivity contribution in [3.8, 4) is 0 Å². The second kappa shape index (κ2) is 7.25. The Morgan fingerprint density at radius 3 is 2.50 bits per heavy atom. The van der Waals surface area contributed by atoms with Crippen molar-refractivity contribution < 1.29 is 27.8 Å². The number of benzene rings is 1. The van der Waals surface area contributed by atoms with Crippen LogP contribution in [-0.2, 0) is 10.9 Å². The van der Waals surface area contributed by atoms with Crippen LogP contribution >= 0.6 is 0 Å². The van der Waals surface area contributed by atoms with E-state index in [1.807, 2.05) is 0 Å². The Hall–Kier alpha value is -1.60. The molecule has 20 heavy (non-hydrogen) atoms. The third-order valence-electron chi connectivity index (χ3n) is 2.69. The summed E-state index contributed by atoms with van der Waals surface area (Å²) in [4.78, 5) is 13.3. The van der Waals surface area contributed by atoms with Gasteiger partial charge in [-0.05, 0) is 12.1 Å². The fraction of sp³-hybridized carbons (Fsp3) is 0.462. The zero-order chi connectivity index (χ0) is 15.2. The van der Waals surface area contributed by atoms with Crippen molar-refractivity contribution >= 4 is 5.91 Å². The molecule has 0 fully saturated rings. The summed E-state index contributed by atoms with van der Waals surface area (Å²) in [5.41, 5.74) is -1.41. The SMILES string of the molecule is COCCN(CCO)C(=O)c1ccccc1C(F)(F)F. The normalized spacial score (nSPS) is 11.4. The topological polar surface area (TPSA) is 49.8 Å². The molecular weight excluding hydrogens is 275 g/mol. The molecule has 7 heteroatoms. The molecular formula is C13H16F3NO3. The number of carbonyl (C=O) groups excluding carboxylic acids is 1. The van der Waals surface area contributed by atoms with Gasteiger partial charge in [-0.15, -0.1) is 0 Å². The number of hydrogen-bond acceptors (Lipinski definition) is 3. The Morgan fingerprint density at radius 2 is 1.95 bits per heavy atom. The van der Waals surface area contributed by atoms with E-state index in [0.29, 0.717) is 0 Å². The monoisotopic (exact) mass is 291 g/mol. The minimum Gasteiger partial charge on any atom is -0.395 e. The smallest absolute Gasteiger partial charge is 0.395 e. The van der Waals surface area contributed by atoms with Gasteiger partial charge in [0.15, 0.2) is 0 Å². The summed E-state index contributed by atoms with van der Waals surface area (Å²) < 4.78 is 43.4. The van der Waals surface area contributed by atoms with Crippen LogP contribution in [0.3, 0.4) is 0 Å². The number of nitrogens with zero attached hydrogens (tertiary/aromatic N) is 1. The van der Waals surface area contributed by atoms with Crippen molar-refractivity contribution in [2.24, 2.45) is 0 Å². The second-order valence-electron chi connectivity index (χ2n) is 4.05. The molecule has 0 aliphatic rings. The number of hydrogen-bond donors (Lipinski definition) is 1. The molecule has 0 aromatic heterocycles. The van der Waals surface area contributed by atoms with Crippen LogP contribution < -0.4 is 0 Å². The van der Waals surface area contributed by atoms with Gasteiger partial charge in [0.05, 0.1) is 24.3 Å². The van der Waals surface area contributed by atoms with Crippen molar-refractivity contribution in [1.29, 1.82) is 0 Å². The number of halogens is 3. The van der Waals surface area contributed by atoms with E-state index in [4.69, 9.17) is 9.84 Å². The van der Waals surface area contributed by atoms with Gasteiger partial charge < -0.3 is 14.7 Å². The molecule has 0 saturated heterocycles.